The van der Waals surface area contributed by atoms with Gasteiger partial charge in [-0.05, 0) is 32.2 Å². The lowest BCUT2D eigenvalue weighted by Gasteiger charge is -2.41. The van der Waals surface area contributed by atoms with Crippen molar-refractivity contribution in [2.24, 2.45) is 0 Å². The lowest BCUT2D eigenvalue weighted by Crippen LogP contribution is -2.53. The number of carbonyl (C=O) groups excluding carboxylic acids is 1. The van der Waals surface area contributed by atoms with Crippen LogP contribution in [0.15, 0.2) is 35.7 Å². The summed E-state index contributed by atoms with van der Waals surface area (Å²) in [5.74, 6) is 0.0881. The van der Waals surface area contributed by atoms with Crippen LogP contribution in [0, 0.1) is 0 Å². The molecule has 2 aromatic rings. The summed E-state index contributed by atoms with van der Waals surface area (Å²) < 4.78 is 5.49. The van der Waals surface area contributed by atoms with Crippen molar-refractivity contribution in [2.75, 3.05) is 25.1 Å². The molecule has 5 nitrogen and oxygen atoms in total. The predicted molar refractivity (Wildman–Crippen MR) is 104 cm³/mol. The summed E-state index contributed by atoms with van der Waals surface area (Å²) in [7, 11) is 0. The van der Waals surface area contributed by atoms with Crippen LogP contribution in [0.3, 0.4) is 0 Å². The molecule has 0 aliphatic carbocycles. The zero-order valence-corrected chi connectivity index (χ0v) is 15.7. The second kappa shape index (κ2) is 8.29. The fourth-order valence-corrected chi connectivity index (χ4v) is 4.67. The van der Waals surface area contributed by atoms with E-state index in [1.807, 2.05) is 35.7 Å². The van der Waals surface area contributed by atoms with E-state index in [4.69, 9.17) is 4.74 Å². The van der Waals surface area contributed by atoms with Crippen LogP contribution in [0.25, 0.3) is 11.3 Å². The molecule has 1 N–H and O–H groups in total. The highest BCUT2D eigenvalue weighted by Crippen LogP contribution is 2.28. The van der Waals surface area contributed by atoms with Crippen molar-refractivity contribution >= 4 is 22.4 Å². The molecular weight excluding hydrogens is 346 g/mol. The van der Waals surface area contributed by atoms with E-state index in [0.29, 0.717) is 11.2 Å². The Morgan fingerprint density at radius 1 is 1.15 bits per heavy atom. The summed E-state index contributed by atoms with van der Waals surface area (Å²) in [5, 5.41) is 5.75. The first kappa shape index (κ1) is 17.6. The lowest BCUT2D eigenvalue weighted by molar-refractivity contribution is -0.124. The molecule has 1 unspecified atom stereocenters. The summed E-state index contributed by atoms with van der Waals surface area (Å²) >= 11 is 1.49. The molecule has 0 radical (unpaired) electrons. The highest BCUT2D eigenvalue weighted by molar-refractivity contribution is 7.14. The van der Waals surface area contributed by atoms with Crippen molar-refractivity contribution < 1.29 is 9.53 Å². The van der Waals surface area contributed by atoms with Gasteiger partial charge in [-0.3, -0.25) is 9.69 Å². The van der Waals surface area contributed by atoms with Gasteiger partial charge in [0.1, 0.15) is 0 Å². The summed E-state index contributed by atoms with van der Waals surface area (Å²) in [5.41, 5.74) is 1.99. The van der Waals surface area contributed by atoms with Crippen LogP contribution in [-0.2, 0) is 9.53 Å². The monoisotopic (exact) mass is 371 g/mol. The zero-order valence-electron chi connectivity index (χ0n) is 14.9. The first-order valence-corrected chi connectivity index (χ1v) is 10.3. The Kier molecular flexibility index (Phi) is 5.62. The molecule has 1 aromatic carbocycles. The first-order chi connectivity index (χ1) is 12.8. The van der Waals surface area contributed by atoms with Gasteiger partial charge in [-0.2, -0.15) is 0 Å². The standard InChI is InChI=1S/C20H25N3O2S/c24-19(18-8-4-5-11-23(18)16-9-12-25-13-10-16)22-20-21-17(14-26-20)15-6-2-1-3-7-15/h1-3,6-7,14,16,18H,4-5,8-13H2,(H,21,22,24). The van der Waals surface area contributed by atoms with Crippen molar-refractivity contribution in [2.45, 2.75) is 44.2 Å². The molecule has 26 heavy (non-hydrogen) atoms. The number of amides is 1. The first-order valence-electron chi connectivity index (χ1n) is 9.46. The van der Waals surface area contributed by atoms with Gasteiger partial charge in [0.05, 0.1) is 11.7 Å². The van der Waals surface area contributed by atoms with E-state index in [9.17, 15) is 4.79 Å². The van der Waals surface area contributed by atoms with E-state index in [1.165, 1.54) is 17.8 Å². The number of likely N-dealkylation sites (tertiary alicyclic amines) is 1. The second-order valence-corrected chi connectivity index (χ2v) is 7.84. The van der Waals surface area contributed by atoms with E-state index in [-0.39, 0.29) is 11.9 Å². The third kappa shape index (κ3) is 3.98. The number of hydrogen-bond acceptors (Lipinski definition) is 5. The predicted octanol–water partition coefficient (Wildman–Crippen LogP) is 3.78. The number of carbonyl (C=O) groups is 1. The SMILES string of the molecule is O=C(Nc1nc(-c2ccccc2)cs1)C1CCCCN1C1CCOCC1. The van der Waals surface area contributed by atoms with Crippen molar-refractivity contribution in [1.82, 2.24) is 9.88 Å². The Labute approximate surface area is 158 Å². The number of nitrogens with zero attached hydrogens (tertiary/aromatic N) is 2. The van der Waals surface area contributed by atoms with Gasteiger partial charge in [0.25, 0.3) is 0 Å². The Bertz CT molecular complexity index is 728. The number of nitrogens with one attached hydrogen (secondary N) is 1. The number of benzene rings is 1. The van der Waals surface area contributed by atoms with E-state index in [0.717, 1.165) is 56.7 Å². The van der Waals surface area contributed by atoms with Crippen LogP contribution in [0.2, 0.25) is 0 Å². The second-order valence-electron chi connectivity index (χ2n) is 6.99. The van der Waals surface area contributed by atoms with Gasteiger partial charge in [0.2, 0.25) is 5.91 Å². The molecule has 2 fully saturated rings. The maximum absolute atomic E-state index is 12.9. The minimum Gasteiger partial charge on any atom is -0.381 e. The van der Waals surface area contributed by atoms with Crippen molar-refractivity contribution in [3.8, 4) is 11.3 Å². The minimum atomic E-state index is -0.0454. The zero-order chi connectivity index (χ0) is 17.8. The molecule has 2 aliphatic heterocycles. The Balaban J connectivity index is 1.44. The highest BCUT2D eigenvalue weighted by Gasteiger charge is 2.34. The number of rotatable bonds is 4. The van der Waals surface area contributed by atoms with E-state index >= 15 is 0 Å². The Morgan fingerprint density at radius 3 is 2.77 bits per heavy atom. The minimum absolute atomic E-state index is 0.0454. The van der Waals surface area contributed by atoms with E-state index in [2.05, 4.69) is 15.2 Å². The topological polar surface area (TPSA) is 54.5 Å². The Morgan fingerprint density at radius 2 is 1.96 bits per heavy atom. The van der Waals surface area contributed by atoms with Crippen LogP contribution in [0.4, 0.5) is 5.13 Å². The average molecular weight is 372 g/mol. The molecule has 1 aromatic heterocycles. The summed E-state index contributed by atoms with van der Waals surface area (Å²) in [6, 6.07) is 10.5. The summed E-state index contributed by atoms with van der Waals surface area (Å²) in [4.78, 5) is 20.0. The van der Waals surface area contributed by atoms with E-state index < -0.39 is 0 Å². The molecule has 6 heteroatoms. The van der Waals surface area contributed by atoms with Gasteiger partial charge in [0.15, 0.2) is 5.13 Å². The number of aromatic nitrogens is 1. The fraction of sp³-hybridized carbons (Fsp3) is 0.500. The van der Waals surface area contributed by atoms with Crippen LogP contribution < -0.4 is 5.32 Å². The molecule has 2 aliphatic rings. The summed E-state index contributed by atoms with van der Waals surface area (Å²) in [6.07, 6.45) is 5.28. The molecule has 2 saturated heterocycles. The molecular formula is C20H25N3O2S. The fourth-order valence-electron chi connectivity index (χ4n) is 3.95. The smallest absolute Gasteiger partial charge is 0.243 e. The van der Waals surface area contributed by atoms with Crippen LogP contribution >= 0.6 is 11.3 Å². The normalized spacial score (nSPS) is 22.2. The molecule has 1 amide bonds. The Hall–Kier alpha value is -1.76. The number of ether oxygens (including phenoxy) is 1. The maximum Gasteiger partial charge on any atom is 0.243 e. The molecule has 3 heterocycles. The molecule has 0 spiro atoms. The van der Waals surface area contributed by atoms with Crippen LogP contribution in [-0.4, -0.2) is 47.6 Å². The highest BCUT2D eigenvalue weighted by atomic mass is 32.1. The molecule has 0 bridgehead atoms. The van der Waals surface area contributed by atoms with Crippen LogP contribution in [0.1, 0.15) is 32.1 Å². The molecule has 138 valence electrons. The lowest BCUT2D eigenvalue weighted by atomic mass is 9.96. The number of thiazole rings is 1. The molecule has 4 rings (SSSR count). The quantitative estimate of drug-likeness (QED) is 0.889. The van der Waals surface area contributed by atoms with Gasteiger partial charge >= 0.3 is 0 Å². The molecule has 0 saturated carbocycles. The van der Waals surface area contributed by atoms with Gasteiger partial charge in [-0.25, -0.2) is 4.98 Å². The largest absolute Gasteiger partial charge is 0.381 e. The maximum atomic E-state index is 12.9. The van der Waals surface area contributed by atoms with Gasteiger partial charge < -0.3 is 10.1 Å². The summed E-state index contributed by atoms with van der Waals surface area (Å²) in [6.45, 7) is 2.63. The van der Waals surface area contributed by atoms with Crippen molar-refractivity contribution in [3.05, 3.63) is 35.7 Å². The van der Waals surface area contributed by atoms with Gasteiger partial charge in [0, 0.05) is 30.2 Å². The van der Waals surface area contributed by atoms with Crippen molar-refractivity contribution in [3.63, 3.8) is 0 Å². The van der Waals surface area contributed by atoms with Crippen LogP contribution in [0.5, 0.6) is 0 Å². The van der Waals surface area contributed by atoms with Crippen molar-refractivity contribution in [1.29, 1.82) is 0 Å². The number of anilines is 1. The van der Waals surface area contributed by atoms with E-state index in [1.54, 1.807) is 0 Å². The average Bonchev–Trinajstić information content (AvgIpc) is 3.18. The third-order valence-corrected chi connectivity index (χ3v) is 6.07. The number of piperidine rings is 1. The number of hydrogen-bond donors (Lipinski definition) is 1. The van der Waals surface area contributed by atoms with Gasteiger partial charge in [-0.1, -0.05) is 36.8 Å². The molecule has 1 atom stereocenters. The van der Waals surface area contributed by atoms with Gasteiger partial charge in [-0.15, -0.1) is 11.3 Å². The third-order valence-electron chi connectivity index (χ3n) is 5.31.